The van der Waals surface area contributed by atoms with Crippen molar-refractivity contribution in [1.29, 1.82) is 0 Å². The van der Waals surface area contributed by atoms with Crippen molar-refractivity contribution in [2.45, 2.75) is 17.7 Å². The highest BCUT2D eigenvalue weighted by atomic mass is 32.2. The maximum atomic E-state index is 13.4. The highest BCUT2D eigenvalue weighted by Crippen LogP contribution is 2.30. The second-order valence-electron chi connectivity index (χ2n) is 8.12. The molecule has 36 heavy (non-hydrogen) atoms. The number of likely N-dealkylation sites (N-methyl/N-ethyl adjacent to an activating group) is 1. The minimum absolute atomic E-state index is 0.0360. The van der Waals surface area contributed by atoms with Gasteiger partial charge in [0.15, 0.2) is 5.03 Å². The molecule has 0 amide bonds. The molecule has 0 spiro atoms. The molecule has 0 radical (unpaired) electrons. The van der Waals surface area contributed by atoms with Crippen LogP contribution in [0.5, 0.6) is 5.75 Å². The first-order chi connectivity index (χ1) is 16.9. The zero-order chi connectivity index (χ0) is 26.5. The average Bonchev–Trinajstić information content (AvgIpc) is 3.12. The number of nitrogens with zero attached hydrogens (tertiary/aromatic N) is 3. The number of hydrogen-bond acceptors (Lipinski definition) is 7. The lowest BCUT2D eigenvalue weighted by molar-refractivity contribution is -0.140. The molecule has 9 nitrogen and oxygen atoms in total. The van der Waals surface area contributed by atoms with Crippen LogP contribution in [0.15, 0.2) is 41.6 Å². The summed E-state index contributed by atoms with van der Waals surface area (Å²) in [6, 6.07) is 7.95. The topological polar surface area (TPSA) is 115 Å². The van der Waals surface area contributed by atoms with Crippen LogP contribution in [0.4, 0.5) is 24.5 Å². The molecule has 1 aromatic carbocycles. The third-order valence-electron chi connectivity index (χ3n) is 5.09. The van der Waals surface area contributed by atoms with Crippen LogP contribution in [0, 0.1) is 11.8 Å². The number of aromatic nitrogens is 2. The van der Waals surface area contributed by atoms with Crippen LogP contribution in [-0.4, -0.2) is 69.9 Å². The SMILES string of the molecule is COc1cc(S(N)(=O)=O)ncc1NCC#Cc1cc2c(NCCN(C)C)cccc2n1CC(F)(F)F. The van der Waals surface area contributed by atoms with Crippen molar-refractivity contribution in [1.82, 2.24) is 14.5 Å². The molecule has 0 saturated carbocycles. The summed E-state index contributed by atoms with van der Waals surface area (Å²) in [5, 5.41) is 11.6. The summed E-state index contributed by atoms with van der Waals surface area (Å²) >= 11 is 0. The van der Waals surface area contributed by atoms with E-state index >= 15 is 0 Å². The highest BCUT2D eigenvalue weighted by Gasteiger charge is 2.30. The minimum Gasteiger partial charge on any atom is -0.494 e. The third kappa shape index (κ3) is 7.03. The largest absolute Gasteiger partial charge is 0.494 e. The molecule has 0 aliphatic rings. The Labute approximate surface area is 207 Å². The van der Waals surface area contributed by atoms with E-state index in [2.05, 4.69) is 27.5 Å². The monoisotopic (exact) mass is 524 g/mol. The number of primary sulfonamides is 1. The molecule has 2 heterocycles. The lowest BCUT2D eigenvalue weighted by atomic mass is 10.2. The first kappa shape index (κ1) is 27.1. The fraction of sp³-hybridized carbons (Fsp3) is 0.348. The normalized spacial score (nSPS) is 11.9. The molecule has 3 aromatic rings. The predicted molar refractivity (Wildman–Crippen MR) is 133 cm³/mol. The zero-order valence-electron chi connectivity index (χ0n) is 20.0. The van der Waals surface area contributed by atoms with E-state index in [0.717, 1.165) is 22.9 Å². The standard InChI is InChI=1S/C23H27F3N6O3S/c1-31(2)11-10-29-18-7-4-8-20-17(18)12-16(32(20)15-23(24,25)26)6-5-9-28-19-14-30-22(36(27,33)34)13-21(19)35-3/h4,7-8,12-14,28-29H,9-11,15H2,1-3H3,(H2,27,33,34). The highest BCUT2D eigenvalue weighted by molar-refractivity contribution is 7.89. The number of methoxy groups -OCH3 is 1. The van der Waals surface area contributed by atoms with Crippen LogP contribution in [-0.2, 0) is 16.6 Å². The molecule has 0 aliphatic carbocycles. The predicted octanol–water partition coefficient (Wildman–Crippen LogP) is 2.69. The summed E-state index contributed by atoms with van der Waals surface area (Å²) in [6.07, 6.45) is -3.20. The molecule has 0 bridgehead atoms. The van der Waals surface area contributed by atoms with Gasteiger partial charge in [-0.1, -0.05) is 12.0 Å². The minimum atomic E-state index is -4.43. The van der Waals surface area contributed by atoms with Crippen LogP contribution in [0.2, 0.25) is 0 Å². The van der Waals surface area contributed by atoms with E-state index in [1.807, 2.05) is 25.1 Å². The Hall–Kier alpha value is -3.47. The van der Waals surface area contributed by atoms with Crippen molar-refractivity contribution in [2.24, 2.45) is 5.14 Å². The van der Waals surface area contributed by atoms with Crippen molar-refractivity contribution in [3.05, 3.63) is 42.2 Å². The maximum absolute atomic E-state index is 13.4. The van der Waals surface area contributed by atoms with Crippen molar-refractivity contribution in [3.8, 4) is 17.6 Å². The van der Waals surface area contributed by atoms with E-state index in [0.29, 0.717) is 23.1 Å². The molecule has 2 aromatic heterocycles. The molecule has 0 saturated heterocycles. The molecule has 4 N–H and O–H groups in total. The number of halogens is 3. The number of benzene rings is 1. The summed E-state index contributed by atoms with van der Waals surface area (Å²) < 4.78 is 69.3. The number of ether oxygens (including phenoxy) is 1. The molecular formula is C23H27F3N6O3S. The number of anilines is 2. The average molecular weight is 525 g/mol. The number of hydrogen-bond donors (Lipinski definition) is 3. The Balaban J connectivity index is 1.88. The fourth-order valence-electron chi connectivity index (χ4n) is 3.46. The molecule has 0 aliphatic heterocycles. The Morgan fingerprint density at radius 2 is 1.94 bits per heavy atom. The summed E-state index contributed by atoms with van der Waals surface area (Å²) in [4.78, 5) is 5.78. The van der Waals surface area contributed by atoms with Crippen molar-refractivity contribution in [3.63, 3.8) is 0 Å². The van der Waals surface area contributed by atoms with Gasteiger partial charge in [-0.25, -0.2) is 18.5 Å². The Kier molecular flexibility index (Phi) is 8.34. The van der Waals surface area contributed by atoms with Gasteiger partial charge in [0.2, 0.25) is 0 Å². The van der Waals surface area contributed by atoms with E-state index < -0.39 is 22.7 Å². The second kappa shape index (κ2) is 11.1. The van der Waals surface area contributed by atoms with Gasteiger partial charge in [0, 0.05) is 30.2 Å². The van der Waals surface area contributed by atoms with Gasteiger partial charge < -0.3 is 24.8 Å². The quantitative estimate of drug-likeness (QED) is 0.369. The summed E-state index contributed by atoms with van der Waals surface area (Å²) in [7, 11) is 1.21. The lowest BCUT2D eigenvalue weighted by Crippen LogP contribution is -2.20. The molecular weight excluding hydrogens is 497 g/mol. The number of fused-ring (bicyclic) bond motifs is 1. The van der Waals surface area contributed by atoms with Crippen LogP contribution in [0.1, 0.15) is 5.69 Å². The van der Waals surface area contributed by atoms with E-state index in [4.69, 9.17) is 9.88 Å². The van der Waals surface area contributed by atoms with Gasteiger partial charge in [-0.2, -0.15) is 13.2 Å². The second-order valence-corrected chi connectivity index (χ2v) is 9.63. The smallest absolute Gasteiger partial charge is 0.406 e. The van der Waals surface area contributed by atoms with Crippen molar-refractivity contribution >= 4 is 32.3 Å². The first-order valence-corrected chi connectivity index (χ1v) is 12.3. The molecule has 13 heteroatoms. The summed E-state index contributed by atoms with van der Waals surface area (Å²) in [6.45, 7) is 0.242. The van der Waals surface area contributed by atoms with Gasteiger partial charge in [-0.05, 0) is 38.2 Å². The van der Waals surface area contributed by atoms with Gasteiger partial charge in [-0.15, -0.1) is 0 Å². The summed E-state index contributed by atoms with van der Waals surface area (Å²) in [5.41, 5.74) is 1.70. The van der Waals surface area contributed by atoms with Crippen molar-refractivity contribution < 1.29 is 26.3 Å². The van der Waals surface area contributed by atoms with Gasteiger partial charge in [0.1, 0.15) is 12.3 Å². The van der Waals surface area contributed by atoms with Gasteiger partial charge in [-0.3, -0.25) is 0 Å². The van der Waals surface area contributed by atoms with Crippen LogP contribution in [0.25, 0.3) is 10.9 Å². The van der Waals surface area contributed by atoms with E-state index in [9.17, 15) is 21.6 Å². The number of sulfonamides is 1. The number of rotatable bonds is 9. The molecule has 0 unspecified atom stereocenters. The molecule has 0 fully saturated rings. The van der Waals surface area contributed by atoms with Crippen LogP contribution < -0.4 is 20.5 Å². The van der Waals surface area contributed by atoms with E-state index in [1.54, 1.807) is 18.2 Å². The zero-order valence-corrected chi connectivity index (χ0v) is 20.8. The van der Waals surface area contributed by atoms with Crippen LogP contribution >= 0.6 is 0 Å². The Bertz CT molecular complexity index is 1390. The Morgan fingerprint density at radius 1 is 1.19 bits per heavy atom. The fourth-order valence-corrected chi connectivity index (χ4v) is 3.93. The number of alkyl halides is 3. The first-order valence-electron chi connectivity index (χ1n) is 10.8. The van der Waals surface area contributed by atoms with Gasteiger partial charge >= 0.3 is 6.18 Å². The van der Waals surface area contributed by atoms with E-state index in [1.165, 1.54) is 13.3 Å². The molecule has 3 rings (SSSR count). The Morgan fingerprint density at radius 3 is 2.58 bits per heavy atom. The maximum Gasteiger partial charge on any atom is 0.406 e. The lowest BCUT2D eigenvalue weighted by Gasteiger charge is -2.13. The molecule has 0 atom stereocenters. The van der Waals surface area contributed by atoms with Crippen molar-refractivity contribution in [2.75, 3.05) is 51.5 Å². The number of pyridine rings is 1. The molecule has 194 valence electrons. The van der Waals surface area contributed by atoms with Crippen LogP contribution in [0.3, 0.4) is 0 Å². The van der Waals surface area contributed by atoms with Gasteiger partial charge in [0.25, 0.3) is 10.0 Å². The third-order valence-corrected chi connectivity index (χ3v) is 5.90. The number of nitrogens with one attached hydrogen (secondary N) is 2. The van der Waals surface area contributed by atoms with Gasteiger partial charge in [0.05, 0.1) is 36.7 Å². The van der Waals surface area contributed by atoms with E-state index in [-0.39, 0.29) is 23.0 Å². The summed E-state index contributed by atoms with van der Waals surface area (Å²) in [5.74, 6) is 5.79. The number of nitrogens with two attached hydrogens (primary N) is 1.